The Morgan fingerprint density at radius 1 is 1.05 bits per heavy atom. The summed E-state index contributed by atoms with van der Waals surface area (Å²) in [4.78, 5) is 12.6. The van der Waals surface area contributed by atoms with E-state index in [1.165, 1.54) is 11.8 Å². The van der Waals surface area contributed by atoms with Crippen LogP contribution in [0.25, 0.3) is 0 Å². The Labute approximate surface area is 128 Å². The predicted molar refractivity (Wildman–Crippen MR) is 77.9 cm³/mol. The number of rotatable bonds is 4. The molecule has 2 aromatic carbocycles. The Kier molecular flexibility index (Phi) is 5.02. The van der Waals surface area contributed by atoms with Gasteiger partial charge in [-0.3, -0.25) is 4.79 Å². The van der Waals surface area contributed by atoms with Crippen LogP contribution in [0.15, 0.2) is 41.3 Å². The monoisotopic (exact) mass is 332 g/mol. The standard InChI is InChI=1S/C14H8Cl2F2OS/c15-11-4-2-9(6-12(11)16)20-7-14(19)10-3-1-8(17)5-13(10)18/h1-6H,7H2. The smallest absolute Gasteiger partial charge is 0.176 e. The lowest BCUT2D eigenvalue weighted by Gasteiger charge is -2.04. The van der Waals surface area contributed by atoms with Gasteiger partial charge in [-0.05, 0) is 30.3 Å². The Morgan fingerprint density at radius 3 is 2.45 bits per heavy atom. The number of halogens is 4. The normalized spacial score (nSPS) is 10.6. The van der Waals surface area contributed by atoms with E-state index in [4.69, 9.17) is 23.2 Å². The molecule has 0 amide bonds. The molecule has 0 fully saturated rings. The number of carbonyl (C=O) groups excluding carboxylic acids is 1. The molecule has 0 heterocycles. The van der Waals surface area contributed by atoms with Crippen LogP contribution in [-0.2, 0) is 0 Å². The third-order valence-corrected chi connectivity index (χ3v) is 4.23. The molecular formula is C14H8Cl2F2OS. The second-order valence-electron chi connectivity index (χ2n) is 3.91. The molecule has 104 valence electrons. The van der Waals surface area contributed by atoms with Gasteiger partial charge in [-0.1, -0.05) is 23.2 Å². The molecule has 0 aliphatic heterocycles. The number of thioether (sulfide) groups is 1. The van der Waals surface area contributed by atoms with Gasteiger partial charge in [0.15, 0.2) is 5.78 Å². The summed E-state index contributed by atoms with van der Waals surface area (Å²) >= 11 is 12.8. The summed E-state index contributed by atoms with van der Waals surface area (Å²) in [6.45, 7) is 0. The first-order valence-corrected chi connectivity index (χ1v) is 7.27. The molecule has 0 radical (unpaired) electrons. The highest BCUT2D eigenvalue weighted by Crippen LogP contribution is 2.28. The van der Waals surface area contributed by atoms with Gasteiger partial charge >= 0.3 is 0 Å². The minimum atomic E-state index is -0.857. The summed E-state index contributed by atoms with van der Waals surface area (Å²) in [7, 11) is 0. The fourth-order valence-corrected chi connectivity index (χ4v) is 2.69. The molecule has 0 aliphatic carbocycles. The molecule has 0 spiro atoms. The molecule has 0 aromatic heterocycles. The summed E-state index contributed by atoms with van der Waals surface area (Å²) in [5.74, 6) is -1.96. The number of ketones is 1. The molecule has 0 atom stereocenters. The number of carbonyl (C=O) groups is 1. The van der Waals surface area contributed by atoms with Gasteiger partial charge in [0.25, 0.3) is 0 Å². The summed E-state index contributed by atoms with van der Waals surface area (Å²) < 4.78 is 26.2. The predicted octanol–water partition coefficient (Wildman–Crippen LogP) is 5.25. The molecule has 0 saturated heterocycles. The van der Waals surface area contributed by atoms with Crippen LogP contribution in [0.5, 0.6) is 0 Å². The highest BCUT2D eigenvalue weighted by atomic mass is 35.5. The van der Waals surface area contributed by atoms with Gasteiger partial charge in [-0.2, -0.15) is 0 Å². The van der Waals surface area contributed by atoms with Crippen molar-refractivity contribution in [2.24, 2.45) is 0 Å². The maximum absolute atomic E-state index is 13.4. The van der Waals surface area contributed by atoms with Crippen molar-refractivity contribution in [1.82, 2.24) is 0 Å². The van der Waals surface area contributed by atoms with E-state index in [9.17, 15) is 13.6 Å². The molecule has 20 heavy (non-hydrogen) atoms. The number of benzene rings is 2. The highest BCUT2D eigenvalue weighted by Gasteiger charge is 2.13. The zero-order valence-electron chi connectivity index (χ0n) is 10.00. The summed E-state index contributed by atoms with van der Waals surface area (Å²) in [5.41, 5.74) is -0.126. The van der Waals surface area contributed by atoms with Crippen molar-refractivity contribution in [1.29, 1.82) is 0 Å². The van der Waals surface area contributed by atoms with Gasteiger partial charge < -0.3 is 0 Å². The molecule has 2 rings (SSSR count). The summed E-state index contributed by atoms with van der Waals surface area (Å²) in [5, 5.41) is 0.809. The van der Waals surface area contributed by atoms with E-state index in [-0.39, 0.29) is 11.3 Å². The molecule has 0 bridgehead atoms. The maximum Gasteiger partial charge on any atom is 0.176 e. The number of Topliss-reactive ketones (excluding diaryl/α,β-unsaturated/α-hetero) is 1. The van der Waals surface area contributed by atoms with E-state index in [0.717, 1.165) is 17.0 Å². The van der Waals surface area contributed by atoms with E-state index in [2.05, 4.69) is 0 Å². The van der Waals surface area contributed by atoms with Crippen molar-refractivity contribution < 1.29 is 13.6 Å². The minimum absolute atomic E-state index is 0.0283. The fraction of sp³-hybridized carbons (Fsp3) is 0.0714. The maximum atomic E-state index is 13.4. The summed E-state index contributed by atoms with van der Waals surface area (Å²) in [6.07, 6.45) is 0. The van der Waals surface area contributed by atoms with Crippen molar-refractivity contribution in [3.63, 3.8) is 0 Å². The quantitative estimate of drug-likeness (QED) is 0.562. The van der Waals surface area contributed by atoms with Gasteiger partial charge in [0, 0.05) is 11.0 Å². The van der Waals surface area contributed by atoms with E-state index in [1.54, 1.807) is 18.2 Å². The molecule has 0 N–H and O–H groups in total. The van der Waals surface area contributed by atoms with Gasteiger partial charge in [-0.25, -0.2) is 8.78 Å². The third-order valence-electron chi connectivity index (χ3n) is 2.49. The Balaban J connectivity index is 2.06. The van der Waals surface area contributed by atoms with E-state index in [0.29, 0.717) is 16.1 Å². The van der Waals surface area contributed by atoms with Crippen LogP contribution in [0, 0.1) is 11.6 Å². The minimum Gasteiger partial charge on any atom is -0.293 e. The van der Waals surface area contributed by atoms with Crippen molar-refractivity contribution >= 4 is 40.7 Å². The number of hydrogen-bond donors (Lipinski definition) is 0. The first-order chi connectivity index (χ1) is 9.47. The van der Waals surface area contributed by atoms with Crippen LogP contribution >= 0.6 is 35.0 Å². The van der Waals surface area contributed by atoms with Gasteiger partial charge in [0.1, 0.15) is 11.6 Å². The number of hydrogen-bond acceptors (Lipinski definition) is 2. The van der Waals surface area contributed by atoms with E-state index in [1.807, 2.05) is 0 Å². The SMILES string of the molecule is O=C(CSc1ccc(Cl)c(Cl)c1)c1ccc(F)cc1F. The molecule has 1 nitrogen and oxygen atoms in total. The average Bonchev–Trinajstić information content (AvgIpc) is 2.40. The van der Waals surface area contributed by atoms with Crippen LogP contribution < -0.4 is 0 Å². The second kappa shape index (κ2) is 6.57. The lowest BCUT2D eigenvalue weighted by atomic mass is 10.1. The zero-order valence-corrected chi connectivity index (χ0v) is 12.3. The highest BCUT2D eigenvalue weighted by molar-refractivity contribution is 8.00. The van der Waals surface area contributed by atoms with Crippen LogP contribution in [0.3, 0.4) is 0 Å². The van der Waals surface area contributed by atoms with E-state index >= 15 is 0 Å². The van der Waals surface area contributed by atoms with Crippen molar-refractivity contribution in [2.45, 2.75) is 4.90 Å². The largest absolute Gasteiger partial charge is 0.293 e. The molecule has 2 aromatic rings. The Morgan fingerprint density at radius 2 is 1.80 bits per heavy atom. The first-order valence-electron chi connectivity index (χ1n) is 5.53. The lowest BCUT2D eigenvalue weighted by molar-refractivity contribution is 0.101. The first kappa shape index (κ1) is 15.3. The van der Waals surface area contributed by atoms with Gasteiger partial charge in [-0.15, -0.1) is 11.8 Å². The third kappa shape index (κ3) is 3.72. The van der Waals surface area contributed by atoms with Gasteiger partial charge in [0.2, 0.25) is 0 Å². The fourth-order valence-electron chi connectivity index (χ4n) is 1.51. The van der Waals surface area contributed by atoms with Crippen LogP contribution in [0.1, 0.15) is 10.4 Å². The lowest BCUT2D eigenvalue weighted by Crippen LogP contribution is -2.05. The Hall–Kier alpha value is -1.10. The van der Waals surface area contributed by atoms with Crippen molar-refractivity contribution in [3.05, 3.63) is 63.6 Å². The molecule has 6 heteroatoms. The topological polar surface area (TPSA) is 17.1 Å². The Bertz CT molecular complexity index is 662. The van der Waals surface area contributed by atoms with Crippen LogP contribution in [0.2, 0.25) is 10.0 Å². The molecule has 0 unspecified atom stereocenters. The average molecular weight is 333 g/mol. The van der Waals surface area contributed by atoms with Crippen LogP contribution in [-0.4, -0.2) is 11.5 Å². The van der Waals surface area contributed by atoms with Crippen molar-refractivity contribution in [2.75, 3.05) is 5.75 Å². The summed E-state index contributed by atoms with van der Waals surface area (Å²) in [6, 6.07) is 7.85. The molecular weight excluding hydrogens is 325 g/mol. The van der Waals surface area contributed by atoms with Crippen LogP contribution in [0.4, 0.5) is 8.78 Å². The molecule has 0 aliphatic rings. The van der Waals surface area contributed by atoms with E-state index < -0.39 is 17.4 Å². The second-order valence-corrected chi connectivity index (χ2v) is 5.78. The molecule has 0 saturated carbocycles. The van der Waals surface area contributed by atoms with Gasteiger partial charge in [0.05, 0.1) is 21.4 Å². The van der Waals surface area contributed by atoms with Crippen molar-refractivity contribution in [3.8, 4) is 0 Å². The zero-order chi connectivity index (χ0) is 14.7.